The van der Waals surface area contributed by atoms with E-state index >= 15 is 0 Å². The van der Waals surface area contributed by atoms with Crippen LogP contribution in [-0.2, 0) is 15.1 Å². The zero-order valence-corrected chi connectivity index (χ0v) is 20.6. The molecule has 0 aliphatic carbocycles. The van der Waals surface area contributed by atoms with Gasteiger partial charge < -0.3 is 24.4 Å². The molecule has 3 aromatic carbocycles. The molecule has 1 aliphatic heterocycles. The van der Waals surface area contributed by atoms with Gasteiger partial charge in [0.05, 0.1) is 13.7 Å². The Kier molecular flexibility index (Phi) is 7.26. The van der Waals surface area contributed by atoms with Gasteiger partial charge in [0.2, 0.25) is 0 Å². The van der Waals surface area contributed by atoms with Crippen LogP contribution in [0.1, 0.15) is 22.9 Å². The SMILES string of the molecule is COc1ccc(C(OC[C@H]2O[C@@H](n3ccc(=O)[nH]c3=O)[C@H](O)[C@@H]2O)(c2ccccc2)c2ccccc2)cc1. The molecule has 196 valence electrons. The second-order valence-electron chi connectivity index (χ2n) is 9.02. The second kappa shape index (κ2) is 10.8. The molecule has 2 heterocycles. The molecule has 5 rings (SSSR count). The predicted octanol–water partition coefficient (Wildman–Crippen LogP) is 2.17. The lowest BCUT2D eigenvalue weighted by atomic mass is 9.80. The Balaban J connectivity index is 1.54. The van der Waals surface area contributed by atoms with E-state index in [0.29, 0.717) is 5.75 Å². The number of methoxy groups -OCH3 is 1. The number of hydrogen-bond acceptors (Lipinski definition) is 7. The van der Waals surface area contributed by atoms with E-state index in [0.717, 1.165) is 27.3 Å². The van der Waals surface area contributed by atoms with Crippen molar-refractivity contribution < 1.29 is 24.4 Å². The molecule has 0 unspecified atom stereocenters. The zero-order valence-electron chi connectivity index (χ0n) is 20.6. The summed E-state index contributed by atoms with van der Waals surface area (Å²) in [6.07, 6.45) is -3.72. The van der Waals surface area contributed by atoms with Gasteiger partial charge in [-0.05, 0) is 28.8 Å². The van der Waals surface area contributed by atoms with E-state index in [4.69, 9.17) is 14.2 Å². The fourth-order valence-corrected chi connectivity index (χ4v) is 4.85. The van der Waals surface area contributed by atoms with Gasteiger partial charge in [-0.2, -0.15) is 0 Å². The van der Waals surface area contributed by atoms with Gasteiger partial charge in [-0.1, -0.05) is 72.8 Å². The predicted molar refractivity (Wildman–Crippen MR) is 139 cm³/mol. The lowest BCUT2D eigenvalue weighted by molar-refractivity contribution is -0.0958. The standard InChI is InChI=1S/C29H28N2O7/c1-36-22-14-12-21(13-15-22)29(19-8-4-2-5-9-19,20-10-6-3-7-11-20)37-18-23-25(33)26(34)27(38-23)31-17-16-24(32)30-28(31)35/h2-17,23,25-27,33-34H,18H2,1H3,(H,30,32,35)/t23-,25-,26-,27-/m1/s1. The summed E-state index contributed by atoms with van der Waals surface area (Å²) < 4.78 is 19.0. The van der Waals surface area contributed by atoms with E-state index in [9.17, 15) is 19.8 Å². The lowest BCUT2D eigenvalue weighted by Gasteiger charge is -2.37. The molecule has 0 spiro atoms. The topological polar surface area (TPSA) is 123 Å². The average Bonchev–Trinajstić information content (AvgIpc) is 3.23. The Bertz CT molecular complexity index is 1430. The summed E-state index contributed by atoms with van der Waals surface area (Å²) in [6, 6.07) is 28.0. The summed E-state index contributed by atoms with van der Waals surface area (Å²) in [5.41, 5.74) is 0.0776. The summed E-state index contributed by atoms with van der Waals surface area (Å²) in [5, 5.41) is 21.6. The van der Waals surface area contributed by atoms with E-state index in [1.54, 1.807) is 7.11 Å². The van der Waals surface area contributed by atoms with Crippen molar-refractivity contribution in [3.63, 3.8) is 0 Å². The molecule has 0 radical (unpaired) electrons. The Morgan fingerprint density at radius 3 is 1.97 bits per heavy atom. The van der Waals surface area contributed by atoms with Crippen LogP contribution in [0.15, 0.2) is 107 Å². The van der Waals surface area contributed by atoms with Gasteiger partial charge in [0.15, 0.2) is 6.23 Å². The molecule has 4 atom stereocenters. The first-order chi connectivity index (χ1) is 18.4. The number of aromatic amines is 1. The first-order valence-electron chi connectivity index (χ1n) is 12.2. The fourth-order valence-electron chi connectivity index (χ4n) is 4.85. The van der Waals surface area contributed by atoms with Crippen molar-refractivity contribution in [3.8, 4) is 5.75 Å². The first kappa shape index (κ1) is 25.6. The Morgan fingerprint density at radius 1 is 0.842 bits per heavy atom. The maximum absolute atomic E-state index is 12.3. The number of nitrogens with zero attached hydrogens (tertiary/aromatic N) is 1. The highest BCUT2D eigenvalue weighted by Gasteiger charge is 2.46. The van der Waals surface area contributed by atoms with Crippen LogP contribution in [0.25, 0.3) is 0 Å². The van der Waals surface area contributed by atoms with E-state index in [1.165, 1.54) is 6.20 Å². The summed E-state index contributed by atoms with van der Waals surface area (Å²) in [6.45, 7) is -0.122. The smallest absolute Gasteiger partial charge is 0.330 e. The maximum atomic E-state index is 12.3. The largest absolute Gasteiger partial charge is 0.497 e. The van der Waals surface area contributed by atoms with Gasteiger partial charge >= 0.3 is 5.69 Å². The number of aromatic nitrogens is 2. The molecule has 9 heteroatoms. The molecule has 9 nitrogen and oxygen atoms in total. The Labute approximate surface area is 218 Å². The van der Waals surface area contributed by atoms with E-state index in [1.807, 2.05) is 84.9 Å². The average molecular weight is 517 g/mol. The minimum atomic E-state index is -1.42. The maximum Gasteiger partial charge on any atom is 0.330 e. The van der Waals surface area contributed by atoms with Crippen molar-refractivity contribution in [1.29, 1.82) is 0 Å². The summed E-state index contributed by atoms with van der Waals surface area (Å²) >= 11 is 0. The third-order valence-corrected chi connectivity index (χ3v) is 6.78. The molecule has 1 saturated heterocycles. The van der Waals surface area contributed by atoms with Crippen LogP contribution in [-0.4, -0.2) is 51.8 Å². The van der Waals surface area contributed by atoms with Crippen LogP contribution in [0.4, 0.5) is 0 Å². The molecular formula is C29H28N2O7. The minimum absolute atomic E-state index is 0.122. The highest BCUT2D eigenvalue weighted by Crippen LogP contribution is 2.42. The van der Waals surface area contributed by atoms with Crippen LogP contribution < -0.4 is 16.0 Å². The highest BCUT2D eigenvalue weighted by atomic mass is 16.6. The molecule has 1 aromatic heterocycles. The van der Waals surface area contributed by atoms with Crippen LogP contribution in [0.3, 0.4) is 0 Å². The van der Waals surface area contributed by atoms with Crippen molar-refractivity contribution in [2.75, 3.05) is 13.7 Å². The van der Waals surface area contributed by atoms with Crippen LogP contribution in [0.5, 0.6) is 5.75 Å². The van der Waals surface area contributed by atoms with Crippen molar-refractivity contribution in [2.45, 2.75) is 30.1 Å². The molecule has 0 bridgehead atoms. The van der Waals surface area contributed by atoms with E-state index < -0.39 is 41.4 Å². The summed E-state index contributed by atoms with van der Waals surface area (Å²) in [5.74, 6) is 0.690. The van der Waals surface area contributed by atoms with Crippen LogP contribution >= 0.6 is 0 Å². The van der Waals surface area contributed by atoms with Gasteiger partial charge in [-0.25, -0.2) is 4.79 Å². The molecule has 4 aromatic rings. The third kappa shape index (κ3) is 4.68. The van der Waals surface area contributed by atoms with Gasteiger partial charge in [0, 0.05) is 12.3 Å². The molecule has 3 N–H and O–H groups in total. The molecule has 0 amide bonds. The number of benzene rings is 3. The van der Waals surface area contributed by atoms with Crippen LogP contribution in [0.2, 0.25) is 0 Å². The normalized spacial score (nSPS) is 21.3. The number of rotatable bonds is 8. The summed E-state index contributed by atoms with van der Waals surface area (Å²) in [4.78, 5) is 25.9. The van der Waals surface area contributed by atoms with Gasteiger partial charge in [0.25, 0.3) is 5.56 Å². The molecule has 0 saturated carbocycles. The Hall–Kier alpha value is -4.02. The Morgan fingerprint density at radius 2 is 1.42 bits per heavy atom. The van der Waals surface area contributed by atoms with Gasteiger partial charge in [-0.15, -0.1) is 0 Å². The number of aliphatic hydroxyl groups is 2. The van der Waals surface area contributed by atoms with Crippen LogP contribution in [0, 0.1) is 0 Å². The molecule has 38 heavy (non-hydrogen) atoms. The monoisotopic (exact) mass is 516 g/mol. The zero-order chi connectivity index (χ0) is 26.7. The minimum Gasteiger partial charge on any atom is -0.497 e. The molecule has 1 aliphatic rings. The van der Waals surface area contributed by atoms with Gasteiger partial charge in [-0.3, -0.25) is 14.3 Å². The number of ether oxygens (including phenoxy) is 3. The van der Waals surface area contributed by atoms with E-state index in [-0.39, 0.29) is 6.61 Å². The van der Waals surface area contributed by atoms with Crippen molar-refractivity contribution in [1.82, 2.24) is 9.55 Å². The quantitative estimate of drug-likeness (QED) is 0.307. The van der Waals surface area contributed by atoms with Crippen molar-refractivity contribution >= 4 is 0 Å². The lowest BCUT2D eigenvalue weighted by Crippen LogP contribution is -2.40. The molecular weight excluding hydrogens is 488 g/mol. The highest BCUT2D eigenvalue weighted by molar-refractivity contribution is 5.48. The number of nitrogens with one attached hydrogen (secondary N) is 1. The second-order valence-corrected chi connectivity index (χ2v) is 9.02. The number of H-pyrrole nitrogens is 1. The van der Waals surface area contributed by atoms with E-state index in [2.05, 4.69) is 4.98 Å². The summed E-state index contributed by atoms with van der Waals surface area (Å²) in [7, 11) is 1.60. The third-order valence-electron chi connectivity index (χ3n) is 6.78. The van der Waals surface area contributed by atoms with Gasteiger partial charge in [0.1, 0.15) is 29.7 Å². The number of hydrogen-bond donors (Lipinski definition) is 3. The van der Waals surface area contributed by atoms with Crippen molar-refractivity contribution in [2.24, 2.45) is 0 Å². The first-order valence-corrected chi connectivity index (χ1v) is 12.2. The van der Waals surface area contributed by atoms with Crippen molar-refractivity contribution in [3.05, 3.63) is 135 Å². The number of aliphatic hydroxyl groups excluding tert-OH is 2. The molecule has 1 fully saturated rings. The fraction of sp³-hybridized carbons (Fsp3) is 0.241.